The van der Waals surface area contributed by atoms with Crippen LogP contribution >= 0.6 is 11.8 Å². The van der Waals surface area contributed by atoms with Crippen molar-refractivity contribution >= 4 is 29.0 Å². The first-order chi connectivity index (χ1) is 12.5. The van der Waals surface area contributed by atoms with E-state index in [1.807, 2.05) is 6.92 Å². The minimum Gasteiger partial charge on any atom is -0.311 e. The van der Waals surface area contributed by atoms with E-state index in [0.717, 1.165) is 29.7 Å². The molecule has 0 bridgehead atoms. The van der Waals surface area contributed by atoms with Gasteiger partial charge in [-0.05, 0) is 49.1 Å². The molecule has 1 atom stereocenters. The normalized spacial score (nSPS) is 14.6. The van der Waals surface area contributed by atoms with Crippen LogP contribution in [0.3, 0.4) is 0 Å². The van der Waals surface area contributed by atoms with E-state index in [9.17, 15) is 19.3 Å². The van der Waals surface area contributed by atoms with Crippen LogP contribution in [0.5, 0.6) is 0 Å². The number of hydrogen-bond acceptors (Lipinski definition) is 4. The summed E-state index contributed by atoms with van der Waals surface area (Å²) < 4.78 is 13.0. The Bertz CT molecular complexity index is 826. The lowest BCUT2D eigenvalue weighted by molar-refractivity contribution is -0.384. The Morgan fingerprint density at radius 1 is 1.31 bits per heavy atom. The summed E-state index contributed by atoms with van der Waals surface area (Å²) in [7, 11) is 0. The SMILES string of the molecule is CC(SCC(=O)N1CCCc2cc([N+](=O)[O-])ccc21)c1ccc(F)cc1. The van der Waals surface area contributed by atoms with Gasteiger partial charge in [0.2, 0.25) is 5.91 Å². The third kappa shape index (κ3) is 4.04. The molecule has 0 saturated heterocycles. The highest BCUT2D eigenvalue weighted by Crippen LogP contribution is 2.33. The number of aryl methyl sites for hydroxylation is 1. The summed E-state index contributed by atoms with van der Waals surface area (Å²) in [5, 5.41) is 11.0. The summed E-state index contributed by atoms with van der Waals surface area (Å²) >= 11 is 1.50. The zero-order chi connectivity index (χ0) is 18.7. The van der Waals surface area contributed by atoms with E-state index in [2.05, 4.69) is 0 Å². The minimum atomic E-state index is -0.415. The molecule has 2 aromatic carbocycles. The third-order valence-corrected chi connectivity index (χ3v) is 5.68. The Morgan fingerprint density at radius 3 is 2.73 bits per heavy atom. The van der Waals surface area contributed by atoms with Crippen LogP contribution in [0.2, 0.25) is 0 Å². The lowest BCUT2D eigenvalue weighted by atomic mass is 10.0. The average molecular weight is 374 g/mol. The predicted octanol–water partition coefficient (Wildman–Crippen LogP) is 4.51. The largest absolute Gasteiger partial charge is 0.311 e. The molecule has 1 heterocycles. The first kappa shape index (κ1) is 18.4. The number of nitro groups is 1. The summed E-state index contributed by atoms with van der Waals surface area (Å²) in [6, 6.07) is 11.0. The van der Waals surface area contributed by atoms with Gasteiger partial charge in [-0.3, -0.25) is 14.9 Å². The highest BCUT2D eigenvalue weighted by molar-refractivity contribution is 8.00. The summed E-state index contributed by atoms with van der Waals surface area (Å²) in [5.74, 6) is 0.00872. The van der Waals surface area contributed by atoms with Gasteiger partial charge in [-0.15, -0.1) is 11.8 Å². The van der Waals surface area contributed by atoms with Crippen molar-refractivity contribution in [1.29, 1.82) is 0 Å². The average Bonchev–Trinajstić information content (AvgIpc) is 2.65. The van der Waals surface area contributed by atoms with Crippen molar-refractivity contribution in [2.24, 2.45) is 0 Å². The van der Waals surface area contributed by atoms with Gasteiger partial charge >= 0.3 is 0 Å². The molecule has 3 rings (SSSR count). The van der Waals surface area contributed by atoms with E-state index in [-0.39, 0.29) is 22.7 Å². The first-order valence-electron chi connectivity index (χ1n) is 8.40. The molecule has 2 aromatic rings. The van der Waals surface area contributed by atoms with Gasteiger partial charge in [-0.2, -0.15) is 0 Å². The van der Waals surface area contributed by atoms with Crippen molar-refractivity contribution < 1.29 is 14.1 Å². The Kier molecular flexibility index (Phi) is 5.56. The fourth-order valence-corrected chi connectivity index (χ4v) is 3.96. The quantitative estimate of drug-likeness (QED) is 0.571. The van der Waals surface area contributed by atoms with Crippen LogP contribution in [0.25, 0.3) is 0 Å². The standard InChI is InChI=1S/C19H19FN2O3S/c1-13(14-4-6-16(20)7-5-14)26-12-19(23)21-10-2-3-15-11-17(22(24)25)8-9-18(15)21/h4-9,11,13H,2-3,10,12H2,1H3. The fourth-order valence-electron chi connectivity index (χ4n) is 3.06. The lowest BCUT2D eigenvalue weighted by Gasteiger charge is -2.29. The van der Waals surface area contributed by atoms with E-state index in [1.54, 1.807) is 29.2 Å². The number of hydrogen-bond donors (Lipinski definition) is 0. The molecule has 1 unspecified atom stereocenters. The van der Waals surface area contributed by atoms with Gasteiger partial charge in [0.05, 0.1) is 10.7 Å². The van der Waals surface area contributed by atoms with Crippen LogP contribution < -0.4 is 4.90 Å². The second-order valence-corrected chi connectivity index (χ2v) is 7.55. The molecular weight excluding hydrogens is 355 g/mol. The van der Waals surface area contributed by atoms with E-state index in [4.69, 9.17) is 0 Å². The summed E-state index contributed by atoms with van der Waals surface area (Å²) in [6.45, 7) is 2.60. The summed E-state index contributed by atoms with van der Waals surface area (Å²) in [6.07, 6.45) is 1.53. The molecule has 7 heteroatoms. The Morgan fingerprint density at radius 2 is 2.04 bits per heavy atom. The van der Waals surface area contributed by atoms with Crippen molar-refractivity contribution in [2.75, 3.05) is 17.2 Å². The number of anilines is 1. The smallest absolute Gasteiger partial charge is 0.269 e. The van der Waals surface area contributed by atoms with Crippen LogP contribution in [0.4, 0.5) is 15.8 Å². The lowest BCUT2D eigenvalue weighted by Crippen LogP contribution is -2.36. The maximum atomic E-state index is 13.0. The fraction of sp³-hybridized carbons (Fsp3) is 0.316. The molecule has 0 radical (unpaired) electrons. The predicted molar refractivity (Wildman–Crippen MR) is 101 cm³/mol. The molecule has 1 amide bonds. The highest BCUT2D eigenvalue weighted by atomic mass is 32.2. The molecule has 0 aromatic heterocycles. The van der Waals surface area contributed by atoms with E-state index in [0.29, 0.717) is 12.3 Å². The first-order valence-corrected chi connectivity index (χ1v) is 9.45. The maximum Gasteiger partial charge on any atom is 0.269 e. The monoisotopic (exact) mass is 374 g/mol. The zero-order valence-corrected chi connectivity index (χ0v) is 15.2. The van der Waals surface area contributed by atoms with Gasteiger partial charge in [-0.1, -0.05) is 12.1 Å². The van der Waals surface area contributed by atoms with Gasteiger partial charge < -0.3 is 4.90 Å². The molecule has 0 N–H and O–H groups in total. The van der Waals surface area contributed by atoms with Crippen LogP contribution in [0.15, 0.2) is 42.5 Å². The van der Waals surface area contributed by atoms with Gasteiger partial charge in [0.15, 0.2) is 0 Å². The Labute approximate surface area is 155 Å². The van der Waals surface area contributed by atoms with Crippen LogP contribution in [-0.4, -0.2) is 23.1 Å². The molecule has 1 aliphatic rings. The van der Waals surface area contributed by atoms with Crippen molar-refractivity contribution in [1.82, 2.24) is 0 Å². The molecule has 0 saturated carbocycles. The number of carbonyl (C=O) groups excluding carboxylic acids is 1. The Hall–Kier alpha value is -2.41. The summed E-state index contributed by atoms with van der Waals surface area (Å²) in [4.78, 5) is 24.9. The third-order valence-electron chi connectivity index (χ3n) is 4.49. The second kappa shape index (κ2) is 7.86. The number of thioether (sulfide) groups is 1. The van der Waals surface area contributed by atoms with E-state index in [1.165, 1.54) is 30.0 Å². The van der Waals surface area contributed by atoms with E-state index >= 15 is 0 Å². The minimum absolute atomic E-state index is 0.0150. The number of fused-ring (bicyclic) bond motifs is 1. The number of nitrogens with zero attached hydrogens (tertiary/aromatic N) is 2. The topological polar surface area (TPSA) is 63.5 Å². The van der Waals surface area contributed by atoms with Crippen molar-refractivity contribution in [3.63, 3.8) is 0 Å². The molecule has 1 aliphatic heterocycles. The molecule has 26 heavy (non-hydrogen) atoms. The number of benzene rings is 2. The molecule has 136 valence electrons. The molecule has 5 nitrogen and oxygen atoms in total. The van der Waals surface area contributed by atoms with Crippen molar-refractivity contribution in [3.05, 3.63) is 69.5 Å². The number of non-ortho nitro benzene ring substituents is 1. The molecular formula is C19H19FN2O3S. The van der Waals surface area contributed by atoms with Crippen LogP contribution in [0, 0.1) is 15.9 Å². The van der Waals surface area contributed by atoms with Crippen molar-refractivity contribution in [2.45, 2.75) is 25.0 Å². The van der Waals surface area contributed by atoms with E-state index < -0.39 is 4.92 Å². The number of amides is 1. The molecule has 0 aliphatic carbocycles. The molecule has 0 fully saturated rings. The molecule has 0 spiro atoms. The van der Waals surface area contributed by atoms with Gasteiger partial charge in [0.1, 0.15) is 5.82 Å². The van der Waals surface area contributed by atoms with Crippen LogP contribution in [0.1, 0.15) is 29.7 Å². The maximum absolute atomic E-state index is 13.0. The van der Waals surface area contributed by atoms with Crippen LogP contribution in [-0.2, 0) is 11.2 Å². The summed E-state index contributed by atoms with van der Waals surface area (Å²) in [5.41, 5.74) is 2.63. The Balaban J connectivity index is 1.67. The zero-order valence-electron chi connectivity index (χ0n) is 14.4. The second-order valence-electron chi connectivity index (χ2n) is 6.22. The number of carbonyl (C=O) groups is 1. The number of nitro benzene ring substituents is 1. The van der Waals surface area contributed by atoms with Crippen molar-refractivity contribution in [3.8, 4) is 0 Å². The number of halogens is 1. The van der Waals surface area contributed by atoms with Gasteiger partial charge in [0, 0.05) is 29.6 Å². The number of rotatable bonds is 5. The highest BCUT2D eigenvalue weighted by Gasteiger charge is 2.24. The van der Waals surface area contributed by atoms with Gasteiger partial charge in [0.25, 0.3) is 5.69 Å². The van der Waals surface area contributed by atoms with Gasteiger partial charge in [-0.25, -0.2) is 4.39 Å².